The Bertz CT molecular complexity index is 527. The van der Waals surface area contributed by atoms with Gasteiger partial charge in [-0.3, -0.25) is 14.9 Å². The van der Waals surface area contributed by atoms with E-state index in [2.05, 4.69) is 12.2 Å². The van der Waals surface area contributed by atoms with Crippen molar-refractivity contribution in [2.45, 2.75) is 58.4 Å². The molecule has 1 aromatic rings. The molecule has 1 saturated carbocycles. The van der Waals surface area contributed by atoms with Crippen molar-refractivity contribution < 1.29 is 9.72 Å². The van der Waals surface area contributed by atoms with Gasteiger partial charge in [-0.25, -0.2) is 0 Å². The van der Waals surface area contributed by atoms with E-state index in [9.17, 15) is 14.9 Å². The first-order chi connectivity index (χ1) is 10.0. The second-order valence-corrected chi connectivity index (χ2v) is 6.98. The van der Waals surface area contributed by atoms with Gasteiger partial charge in [0.2, 0.25) is 0 Å². The SMILES string of the molecule is CCCCC1CCCC1NC(=O)c1cc([N+](=O)[O-])c(C)s1. The quantitative estimate of drug-likeness (QED) is 0.636. The Kier molecular flexibility index (Phi) is 5.33. The van der Waals surface area contributed by atoms with Crippen LogP contribution < -0.4 is 5.32 Å². The van der Waals surface area contributed by atoms with Crippen LogP contribution in [-0.4, -0.2) is 16.9 Å². The number of nitro groups is 1. The zero-order valence-electron chi connectivity index (χ0n) is 12.6. The first-order valence-corrected chi connectivity index (χ1v) is 8.40. The summed E-state index contributed by atoms with van der Waals surface area (Å²) in [4.78, 5) is 23.7. The van der Waals surface area contributed by atoms with Crippen LogP contribution in [0.3, 0.4) is 0 Å². The smallest absolute Gasteiger partial charge is 0.283 e. The predicted octanol–water partition coefficient (Wildman–Crippen LogP) is 4.05. The minimum absolute atomic E-state index is 0.0408. The van der Waals surface area contributed by atoms with Gasteiger partial charge in [-0.05, 0) is 32.1 Å². The summed E-state index contributed by atoms with van der Waals surface area (Å²) in [6.45, 7) is 3.86. The maximum absolute atomic E-state index is 12.3. The molecule has 1 aromatic heterocycles. The average molecular weight is 310 g/mol. The van der Waals surface area contributed by atoms with E-state index in [-0.39, 0.29) is 17.6 Å². The number of nitrogens with one attached hydrogen (secondary N) is 1. The summed E-state index contributed by atoms with van der Waals surface area (Å²) in [5.41, 5.74) is 0.0408. The predicted molar refractivity (Wildman–Crippen MR) is 83.8 cm³/mol. The van der Waals surface area contributed by atoms with Crippen molar-refractivity contribution in [3.05, 3.63) is 25.9 Å². The molecule has 0 spiro atoms. The number of carbonyl (C=O) groups is 1. The van der Waals surface area contributed by atoms with Gasteiger partial charge in [-0.15, -0.1) is 11.3 Å². The van der Waals surface area contributed by atoms with E-state index in [0.29, 0.717) is 15.7 Å². The highest BCUT2D eigenvalue weighted by Gasteiger charge is 2.29. The second-order valence-electron chi connectivity index (χ2n) is 5.72. The Morgan fingerprint density at radius 2 is 2.29 bits per heavy atom. The van der Waals surface area contributed by atoms with E-state index >= 15 is 0 Å². The van der Waals surface area contributed by atoms with Crippen molar-refractivity contribution in [3.8, 4) is 0 Å². The minimum Gasteiger partial charge on any atom is -0.348 e. The zero-order valence-corrected chi connectivity index (χ0v) is 13.4. The summed E-state index contributed by atoms with van der Waals surface area (Å²) < 4.78 is 0. The Morgan fingerprint density at radius 1 is 1.52 bits per heavy atom. The lowest BCUT2D eigenvalue weighted by Gasteiger charge is -2.20. The van der Waals surface area contributed by atoms with E-state index in [0.717, 1.165) is 19.3 Å². The molecule has 0 saturated heterocycles. The highest BCUT2D eigenvalue weighted by Crippen LogP contribution is 2.32. The molecule has 0 radical (unpaired) electrons. The minimum atomic E-state index is -0.428. The van der Waals surface area contributed by atoms with Gasteiger partial charge >= 0.3 is 0 Å². The van der Waals surface area contributed by atoms with Crippen LogP contribution in [0.2, 0.25) is 0 Å². The van der Waals surface area contributed by atoms with Gasteiger partial charge in [0.05, 0.1) is 14.7 Å². The standard InChI is InChI=1S/C15H22N2O3S/c1-3-4-6-11-7-5-8-12(11)16-15(18)14-9-13(17(19)20)10(2)21-14/h9,11-12H,3-8H2,1-2H3,(H,16,18). The molecule has 5 nitrogen and oxygen atoms in total. The van der Waals surface area contributed by atoms with Crippen LogP contribution in [0.15, 0.2) is 6.07 Å². The maximum atomic E-state index is 12.3. The highest BCUT2D eigenvalue weighted by atomic mass is 32.1. The molecular formula is C15H22N2O3S. The van der Waals surface area contributed by atoms with Crippen LogP contribution in [-0.2, 0) is 0 Å². The fraction of sp³-hybridized carbons (Fsp3) is 0.667. The summed E-state index contributed by atoms with van der Waals surface area (Å²) >= 11 is 1.20. The number of aryl methyl sites for hydroxylation is 1. The third-order valence-electron chi connectivity index (χ3n) is 4.22. The fourth-order valence-corrected chi connectivity index (χ4v) is 3.93. The third kappa shape index (κ3) is 3.81. The normalized spacial score (nSPS) is 21.4. The number of hydrogen-bond acceptors (Lipinski definition) is 4. The number of thiophene rings is 1. The molecule has 21 heavy (non-hydrogen) atoms. The van der Waals surface area contributed by atoms with Crippen molar-refractivity contribution in [2.24, 2.45) is 5.92 Å². The maximum Gasteiger partial charge on any atom is 0.283 e. The Balaban J connectivity index is 2.00. The van der Waals surface area contributed by atoms with E-state index in [4.69, 9.17) is 0 Å². The molecule has 0 bridgehead atoms. The highest BCUT2D eigenvalue weighted by molar-refractivity contribution is 7.14. The summed E-state index contributed by atoms with van der Waals surface area (Å²) in [5.74, 6) is 0.398. The summed E-state index contributed by atoms with van der Waals surface area (Å²) in [5, 5.41) is 13.9. The second kappa shape index (κ2) is 7.02. The van der Waals surface area contributed by atoms with Crippen molar-refractivity contribution in [1.29, 1.82) is 0 Å². The number of nitrogens with zero attached hydrogens (tertiary/aromatic N) is 1. The van der Waals surface area contributed by atoms with Gasteiger partial charge in [0, 0.05) is 12.1 Å². The van der Waals surface area contributed by atoms with E-state index < -0.39 is 4.92 Å². The molecule has 6 heteroatoms. The van der Waals surface area contributed by atoms with Crippen molar-refractivity contribution in [1.82, 2.24) is 5.32 Å². The number of unbranched alkanes of at least 4 members (excludes halogenated alkanes) is 1. The lowest BCUT2D eigenvalue weighted by Crippen LogP contribution is -2.37. The number of carbonyl (C=O) groups excluding carboxylic acids is 1. The molecular weight excluding hydrogens is 288 g/mol. The van der Waals surface area contributed by atoms with E-state index in [1.165, 1.54) is 36.7 Å². The first-order valence-electron chi connectivity index (χ1n) is 7.58. The Hall–Kier alpha value is -1.43. The number of amides is 1. The van der Waals surface area contributed by atoms with Crippen LogP contribution in [0, 0.1) is 23.0 Å². The van der Waals surface area contributed by atoms with E-state index in [1.54, 1.807) is 6.92 Å². The topological polar surface area (TPSA) is 72.2 Å². The van der Waals surface area contributed by atoms with Gasteiger partial charge in [-0.2, -0.15) is 0 Å². The molecule has 1 fully saturated rings. The molecule has 116 valence electrons. The fourth-order valence-electron chi connectivity index (χ4n) is 3.04. The van der Waals surface area contributed by atoms with Crippen LogP contribution in [0.5, 0.6) is 0 Å². The van der Waals surface area contributed by atoms with Crippen molar-refractivity contribution >= 4 is 22.9 Å². The van der Waals surface area contributed by atoms with Gasteiger partial charge in [0.15, 0.2) is 0 Å². The van der Waals surface area contributed by atoms with Gasteiger partial charge in [0.1, 0.15) is 0 Å². The molecule has 1 heterocycles. The Labute approximate surface area is 128 Å². The molecule has 1 aliphatic carbocycles. The molecule has 2 unspecified atom stereocenters. The van der Waals surface area contributed by atoms with Crippen LogP contribution in [0.25, 0.3) is 0 Å². The average Bonchev–Trinajstić information content (AvgIpc) is 3.03. The molecule has 2 rings (SSSR count). The van der Waals surface area contributed by atoms with Crippen LogP contribution in [0.1, 0.15) is 60.0 Å². The zero-order chi connectivity index (χ0) is 15.4. The molecule has 1 N–H and O–H groups in total. The third-order valence-corrected chi connectivity index (χ3v) is 5.25. The molecule has 1 aliphatic rings. The van der Waals surface area contributed by atoms with Gasteiger partial charge < -0.3 is 5.32 Å². The van der Waals surface area contributed by atoms with Crippen LogP contribution in [0.4, 0.5) is 5.69 Å². The Morgan fingerprint density at radius 3 is 2.90 bits per heavy atom. The monoisotopic (exact) mass is 310 g/mol. The molecule has 2 atom stereocenters. The van der Waals surface area contributed by atoms with Crippen molar-refractivity contribution in [3.63, 3.8) is 0 Å². The van der Waals surface area contributed by atoms with Gasteiger partial charge in [0.25, 0.3) is 11.6 Å². The first kappa shape index (κ1) is 15.9. The van der Waals surface area contributed by atoms with Gasteiger partial charge in [-0.1, -0.05) is 26.2 Å². The summed E-state index contributed by atoms with van der Waals surface area (Å²) in [6, 6.07) is 1.62. The van der Waals surface area contributed by atoms with E-state index in [1.807, 2.05) is 0 Å². The summed E-state index contributed by atoms with van der Waals surface area (Å²) in [6.07, 6.45) is 6.88. The largest absolute Gasteiger partial charge is 0.348 e. The lowest BCUT2D eigenvalue weighted by molar-refractivity contribution is -0.385. The molecule has 1 amide bonds. The van der Waals surface area contributed by atoms with Crippen LogP contribution >= 0.6 is 11.3 Å². The van der Waals surface area contributed by atoms with Crippen molar-refractivity contribution in [2.75, 3.05) is 0 Å². The number of rotatable bonds is 6. The molecule has 0 aliphatic heterocycles. The lowest BCUT2D eigenvalue weighted by atomic mass is 9.97. The number of hydrogen-bond donors (Lipinski definition) is 1. The summed E-state index contributed by atoms with van der Waals surface area (Å²) in [7, 11) is 0. The molecule has 0 aromatic carbocycles.